The molecule has 226 valence electrons. The Balaban J connectivity index is 0.000000168. The highest BCUT2D eigenvalue weighted by molar-refractivity contribution is 6.42. The molecule has 1 saturated heterocycles. The van der Waals surface area contributed by atoms with Crippen molar-refractivity contribution in [3.8, 4) is 0 Å². The summed E-state index contributed by atoms with van der Waals surface area (Å²) in [4.78, 5) is 41.6. The number of aliphatic hydroxyl groups excluding tert-OH is 2. The predicted molar refractivity (Wildman–Crippen MR) is 157 cm³/mol. The Kier molecular flexibility index (Phi) is 7.37. The highest BCUT2D eigenvalue weighted by atomic mass is 35.5. The molecule has 9 nitrogen and oxygen atoms in total. The first-order valence-corrected chi connectivity index (χ1v) is 15.5. The number of allylic oxidation sites excluding steroid dienone is 1. The Morgan fingerprint density at radius 2 is 1.90 bits per heavy atom. The quantitative estimate of drug-likeness (QED) is 0.397. The van der Waals surface area contributed by atoms with Crippen molar-refractivity contribution in [3.63, 3.8) is 0 Å². The molecule has 7 atom stereocenters. The Hall–Kier alpha value is -2.30. The first-order chi connectivity index (χ1) is 19.8. The Morgan fingerprint density at radius 3 is 2.64 bits per heavy atom. The van der Waals surface area contributed by atoms with Crippen LogP contribution in [0.5, 0.6) is 0 Å². The van der Waals surface area contributed by atoms with Crippen LogP contribution in [0, 0.1) is 28.6 Å². The number of guanidine groups is 1. The number of rotatable bonds is 2. The smallest absolute Gasteiger partial charge is 0.246 e. The fourth-order valence-corrected chi connectivity index (χ4v) is 9.54. The molecule has 4 N–H and O–H groups in total. The van der Waals surface area contributed by atoms with Crippen LogP contribution >= 0.6 is 23.2 Å². The molecule has 2 heterocycles. The summed E-state index contributed by atoms with van der Waals surface area (Å²) in [7, 11) is 0. The number of halogens is 2. The van der Waals surface area contributed by atoms with Gasteiger partial charge in [0.15, 0.2) is 11.6 Å². The van der Waals surface area contributed by atoms with Gasteiger partial charge in [0.2, 0.25) is 11.9 Å². The van der Waals surface area contributed by atoms with Gasteiger partial charge in [-0.15, -0.1) is 0 Å². The Labute approximate surface area is 255 Å². The van der Waals surface area contributed by atoms with Crippen LogP contribution < -0.4 is 5.32 Å². The lowest BCUT2D eigenvalue weighted by Gasteiger charge is -2.60. The second kappa shape index (κ2) is 10.4. The number of aliphatic imine (C=N–C) groups is 1. The number of ketones is 2. The fourth-order valence-electron chi connectivity index (χ4n) is 9.14. The number of fused-ring (bicyclic) bond motifs is 7. The largest absolute Gasteiger partial charge is 0.393 e. The van der Waals surface area contributed by atoms with Crippen LogP contribution in [0.15, 0.2) is 28.8 Å². The number of benzene rings is 1. The van der Waals surface area contributed by atoms with Gasteiger partial charge < -0.3 is 20.2 Å². The van der Waals surface area contributed by atoms with Crippen LogP contribution in [0.4, 0.5) is 5.69 Å². The SMILES string of the molecule is C[C@]12CCC(=O)C=C1CC[C@@H]1[C@@H]2[C@@H](O)C[C@@]2(C)[C@H]1CC[C@]2(O)C(=O)CO.O=C1CN2Cc3c(ccc(Cl)c3Cl)N=C2N1. The summed E-state index contributed by atoms with van der Waals surface area (Å²) in [5.74, 6) is 0.686. The van der Waals surface area contributed by atoms with E-state index in [9.17, 15) is 29.7 Å². The van der Waals surface area contributed by atoms with Crippen molar-refractivity contribution in [2.45, 2.75) is 77.0 Å². The van der Waals surface area contributed by atoms with Gasteiger partial charge in [-0.3, -0.25) is 19.7 Å². The van der Waals surface area contributed by atoms with Gasteiger partial charge in [0.05, 0.1) is 28.4 Å². The zero-order chi connectivity index (χ0) is 30.2. The van der Waals surface area contributed by atoms with Crippen molar-refractivity contribution in [1.29, 1.82) is 0 Å². The minimum absolute atomic E-state index is 0.0474. The van der Waals surface area contributed by atoms with E-state index >= 15 is 0 Å². The molecule has 0 aromatic heterocycles. The van der Waals surface area contributed by atoms with Crippen molar-refractivity contribution >= 4 is 52.3 Å². The minimum atomic E-state index is -1.54. The van der Waals surface area contributed by atoms with Gasteiger partial charge in [-0.1, -0.05) is 42.6 Å². The number of carbonyl (C=O) groups excluding carboxylic acids is 3. The number of hydrogen-bond donors (Lipinski definition) is 4. The van der Waals surface area contributed by atoms with Crippen LogP contribution in [-0.4, -0.2) is 68.5 Å². The maximum atomic E-state index is 12.4. The standard InChI is InChI=1S/C21H30O5.C10H7Cl2N3O/c1-19-7-5-13(23)9-12(19)3-4-14-15-6-8-21(26,17(25)11-22)20(15,2)10-16(24)18(14)19;11-6-1-2-7-5(9(6)12)3-15-4-8(16)14-10(15)13-7/h9,14-16,18,22,24,26H,3-8,10-11H2,1-2H3;1-2H,3-4H2,(H,13,14,16)/t14-,15-,16-,18+,19-,20-,21-;/m0./s1. The molecular weight excluding hydrogens is 581 g/mol. The molecule has 1 aromatic carbocycles. The number of amides is 1. The van der Waals surface area contributed by atoms with Gasteiger partial charge in [-0.2, -0.15) is 0 Å². The van der Waals surface area contributed by atoms with Crippen molar-refractivity contribution in [2.24, 2.45) is 33.6 Å². The van der Waals surface area contributed by atoms with E-state index in [1.165, 1.54) is 5.57 Å². The number of hydrogen-bond acceptors (Lipinski definition) is 8. The molecule has 0 spiro atoms. The molecular formula is C31H37Cl2N3O6. The van der Waals surface area contributed by atoms with Gasteiger partial charge in [-0.25, -0.2) is 4.99 Å². The Morgan fingerprint density at radius 1 is 1.14 bits per heavy atom. The Bertz CT molecular complexity index is 1430. The third kappa shape index (κ3) is 4.38. The molecule has 1 amide bonds. The van der Waals surface area contributed by atoms with Gasteiger partial charge >= 0.3 is 0 Å². The summed E-state index contributed by atoms with van der Waals surface area (Å²) < 4.78 is 0. The number of nitrogens with one attached hydrogen (secondary N) is 1. The molecule has 1 aromatic rings. The lowest BCUT2D eigenvalue weighted by atomic mass is 9.45. The molecule has 4 aliphatic carbocycles. The summed E-state index contributed by atoms with van der Waals surface area (Å²) in [6.45, 7) is 4.34. The van der Waals surface area contributed by atoms with Crippen LogP contribution in [0.2, 0.25) is 10.0 Å². The second-order valence-electron chi connectivity index (χ2n) is 13.3. The number of aliphatic hydroxyl groups is 3. The van der Waals surface area contributed by atoms with Gasteiger partial charge in [0, 0.05) is 17.4 Å². The van der Waals surface area contributed by atoms with E-state index < -0.39 is 29.5 Å². The number of nitrogens with zero attached hydrogens (tertiary/aromatic N) is 2. The van der Waals surface area contributed by atoms with E-state index in [1.807, 2.05) is 11.8 Å². The molecule has 7 rings (SSSR count). The number of Topliss-reactive ketones (excluding diaryl/α,β-unsaturated/α-hetero) is 1. The van der Waals surface area contributed by atoms with Crippen molar-refractivity contribution in [2.75, 3.05) is 13.2 Å². The van der Waals surface area contributed by atoms with E-state index in [2.05, 4.69) is 17.2 Å². The first kappa shape index (κ1) is 29.8. The third-order valence-corrected chi connectivity index (χ3v) is 12.1. The van der Waals surface area contributed by atoms with Crippen molar-refractivity contribution in [1.82, 2.24) is 10.2 Å². The molecule has 11 heteroatoms. The van der Waals surface area contributed by atoms with E-state index in [0.29, 0.717) is 48.4 Å². The van der Waals surface area contributed by atoms with E-state index in [1.54, 1.807) is 18.2 Å². The van der Waals surface area contributed by atoms with Crippen molar-refractivity contribution < 1.29 is 29.7 Å². The molecule has 4 fully saturated rings. The zero-order valence-electron chi connectivity index (χ0n) is 23.8. The first-order valence-electron chi connectivity index (χ1n) is 14.7. The van der Waals surface area contributed by atoms with E-state index in [0.717, 1.165) is 36.9 Å². The predicted octanol–water partition coefficient (Wildman–Crippen LogP) is 3.71. The van der Waals surface area contributed by atoms with Gasteiger partial charge in [0.1, 0.15) is 18.8 Å². The van der Waals surface area contributed by atoms with Crippen LogP contribution in [-0.2, 0) is 20.9 Å². The normalized spacial score (nSPS) is 38.0. The van der Waals surface area contributed by atoms with Gasteiger partial charge in [-0.05, 0) is 79.9 Å². The summed E-state index contributed by atoms with van der Waals surface area (Å²) >= 11 is 12.0. The molecule has 3 saturated carbocycles. The highest BCUT2D eigenvalue weighted by Crippen LogP contribution is 2.67. The summed E-state index contributed by atoms with van der Waals surface area (Å²) in [6, 6.07) is 3.51. The molecule has 0 radical (unpaired) electrons. The monoisotopic (exact) mass is 617 g/mol. The van der Waals surface area contributed by atoms with Gasteiger partial charge in [0.25, 0.3) is 0 Å². The average molecular weight is 619 g/mol. The molecule has 0 bridgehead atoms. The van der Waals surface area contributed by atoms with E-state index in [4.69, 9.17) is 23.2 Å². The molecule has 42 heavy (non-hydrogen) atoms. The lowest BCUT2D eigenvalue weighted by Crippen LogP contribution is -2.62. The van der Waals surface area contributed by atoms with Crippen LogP contribution in [0.3, 0.4) is 0 Å². The second-order valence-corrected chi connectivity index (χ2v) is 14.0. The zero-order valence-corrected chi connectivity index (χ0v) is 25.3. The highest BCUT2D eigenvalue weighted by Gasteiger charge is 2.68. The minimum Gasteiger partial charge on any atom is -0.393 e. The van der Waals surface area contributed by atoms with E-state index in [-0.39, 0.29) is 34.9 Å². The van der Waals surface area contributed by atoms with Crippen LogP contribution in [0.1, 0.15) is 64.4 Å². The fraction of sp³-hybridized carbons (Fsp3) is 0.613. The maximum Gasteiger partial charge on any atom is 0.246 e. The molecule has 2 aliphatic heterocycles. The van der Waals surface area contributed by atoms with Crippen LogP contribution in [0.25, 0.3) is 0 Å². The topological polar surface area (TPSA) is 140 Å². The maximum absolute atomic E-state index is 12.4. The molecule has 0 unspecified atom stereocenters. The van der Waals surface area contributed by atoms with Crippen molar-refractivity contribution in [3.05, 3.63) is 39.4 Å². The lowest BCUT2D eigenvalue weighted by molar-refractivity contribution is -0.182. The summed E-state index contributed by atoms with van der Waals surface area (Å²) in [5, 5.41) is 35.4. The average Bonchev–Trinajstić information content (AvgIpc) is 3.45. The summed E-state index contributed by atoms with van der Waals surface area (Å²) in [5.41, 5.74) is 0.404. The molecule has 6 aliphatic rings. The number of carbonyl (C=O) groups is 3. The third-order valence-electron chi connectivity index (χ3n) is 11.3. The summed E-state index contributed by atoms with van der Waals surface area (Å²) in [6.07, 6.45) is 5.74.